The average molecular weight is 222 g/mol. The summed E-state index contributed by atoms with van der Waals surface area (Å²) in [6, 6.07) is 9.60. The average Bonchev–Trinajstić information content (AvgIpc) is 2.28. The van der Waals surface area contributed by atoms with Crippen LogP contribution in [0.3, 0.4) is 0 Å². The first-order valence-corrected chi connectivity index (χ1v) is 5.38. The zero-order chi connectivity index (χ0) is 12.0. The molecule has 0 aliphatic carbocycles. The summed E-state index contributed by atoms with van der Waals surface area (Å²) in [5.74, 6) is -0.186. The molecular formula is C13H18O3. The summed E-state index contributed by atoms with van der Waals surface area (Å²) in [4.78, 5) is 11.6. The first-order valence-electron chi connectivity index (χ1n) is 5.38. The van der Waals surface area contributed by atoms with Crippen molar-refractivity contribution in [1.29, 1.82) is 0 Å². The van der Waals surface area contributed by atoms with Gasteiger partial charge in [-0.3, -0.25) is 0 Å². The predicted octanol–water partition coefficient (Wildman–Crippen LogP) is 2.40. The highest BCUT2D eigenvalue weighted by atomic mass is 16.6. The molecule has 0 bridgehead atoms. The lowest BCUT2D eigenvalue weighted by Crippen LogP contribution is -2.30. The molecule has 0 spiro atoms. The van der Waals surface area contributed by atoms with E-state index in [1.165, 1.54) is 7.11 Å². The summed E-state index contributed by atoms with van der Waals surface area (Å²) in [5, 5.41) is 0. The van der Waals surface area contributed by atoms with Gasteiger partial charge < -0.3 is 9.47 Å². The van der Waals surface area contributed by atoms with Gasteiger partial charge in [-0.2, -0.15) is 0 Å². The van der Waals surface area contributed by atoms with Crippen LogP contribution in [0.1, 0.15) is 19.4 Å². The highest BCUT2D eigenvalue weighted by Gasteiger charge is 2.22. The third-order valence-corrected chi connectivity index (χ3v) is 2.32. The van der Waals surface area contributed by atoms with Crippen LogP contribution in [0.15, 0.2) is 30.3 Å². The molecule has 0 saturated carbocycles. The van der Waals surface area contributed by atoms with Crippen molar-refractivity contribution in [1.82, 2.24) is 0 Å². The molecule has 0 fully saturated rings. The van der Waals surface area contributed by atoms with Gasteiger partial charge in [-0.25, -0.2) is 4.79 Å². The van der Waals surface area contributed by atoms with E-state index in [4.69, 9.17) is 9.47 Å². The Labute approximate surface area is 96.4 Å². The van der Waals surface area contributed by atoms with Crippen LogP contribution in [0.25, 0.3) is 0 Å². The molecule has 0 saturated heterocycles. The zero-order valence-electron chi connectivity index (χ0n) is 9.97. The van der Waals surface area contributed by atoms with Crippen LogP contribution in [0.2, 0.25) is 0 Å². The quantitative estimate of drug-likeness (QED) is 0.718. The van der Waals surface area contributed by atoms with Gasteiger partial charge in [0.15, 0.2) is 6.10 Å². The van der Waals surface area contributed by atoms with Gasteiger partial charge in [-0.1, -0.05) is 44.2 Å². The highest BCUT2D eigenvalue weighted by molar-refractivity contribution is 5.74. The Morgan fingerprint density at radius 2 is 1.88 bits per heavy atom. The lowest BCUT2D eigenvalue weighted by Gasteiger charge is -2.17. The zero-order valence-corrected chi connectivity index (χ0v) is 9.97. The predicted molar refractivity (Wildman–Crippen MR) is 61.9 cm³/mol. The second kappa shape index (κ2) is 6.28. The number of esters is 1. The number of carbonyl (C=O) groups excluding carboxylic acids is 1. The van der Waals surface area contributed by atoms with E-state index in [2.05, 4.69) is 0 Å². The van der Waals surface area contributed by atoms with Crippen molar-refractivity contribution in [3.05, 3.63) is 35.9 Å². The van der Waals surface area contributed by atoms with Gasteiger partial charge in [-0.05, 0) is 11.5 Å². The van der Waals surface area contributed by atoms with E-state index in [0.29, 0.717) is 6.61 Å². The molecule has 0 heterocycles. The maximum absolute atomic E-state index is 11.6. The third kappa shape index (κ3) is 3.66. The molecule has 0 aromatic heterocycles. The van der Waals surface area contributed by atoms with Gasteiger partial charge in [0.25, 0.3) is 0 Å². The Hall–Kier alpha value is -1.35. The SMILES string of the molecule is CO[C@@H](C(=O)OCc1ccccc1)C(C)C. The van der Waals surface area contributed by atoms with Crippen LogP contribution in [0.5, 0.6) is 0 Å². The minimum Gasteiger partial charge on any atom is -0.459 e. The van der Waals surface area contributed by atoms with Gasteiger partial charge >= 0.3 is 5.97 Å². The second-order valence-electron chi connectivity index (χ2n) is 3.99. The minimum absolute atomic E-state index is 0.119. The molecule has 1 atom stereocenters. The number of benzene rings is 1. The molecule has 3 nitrogen and oxygen atoms in total. The first-order chi connectivity index (χ1) is 7.65. The Kier molecular flexibility index (Phi) is 4.99. The molecular weight excluding hydrogens is 204 g/mol. The summed E-state index contributed by atoms with van der Waals surface area (Å²) >= 11 is 0. The van der Waals surface area contributed by atoms with Crippen molar-refractivity contribution in [2.45, 2.75) is 26.6 Å². The van der Waals surface area contributed by atoms with Crippen LogP contribution in [-0.2, 0) is 20.9 Å². The van der Waals surface area contributed by atoms with Crippen LogP contribution in [0, 0.1) is 5.92 Å². The van der Waals surface area contributed by atoms with Crippen molar-refractivity contribution >= 4 is 5.97 Å². The van der Waals surface area contributed by atoms with Crippen molar-refractivity contribution in [3.8, 4) is 0 Å². The molecule has 3 heteroatoms. The van der Waals surface area contributed by atoms with Crippen molar-refractivity contribution < 1.29 is 14.3 Å². The maximum atomic E-state index is 11.6. The summed E-state index contributed by atoms with van der Waals surface area (Å²) in [6.45, 7) is 4.15. The van der Waals surface area contributed by atoms with E-state index in [0.717, 1.165) is 5.56 Å². The normalized spacial score (nSPS) is 12.5. The van der Waals surface area contributed by atoms with Gasteiger partial charge in [-0.15, -0.1) is 0 Å². The van der Waals surface area contributed by atoms with E-state index >= 15 is 0 Å². The monoisotopic (exact) mass is 222 g/mol. The first kappa shape index (κ1) is 12.7. The fourth-order valence-corrected chi connectivity index (χ4v) is 1.45. The summed E-state index contributed by atoms with van der Waals surface area (Å²) < 4.78 is 10.3. The molecule has 16 heavy (non-hydrogen) atoms. The molecule has 1 rings (SSSR count). The Morgan fingerprint density at radius 3 is 2.38 bits per heavy atom. The molecule has 1 aromatic rings. The van der Waals surface area contributed by atoms with Crippen LogP contribution < -0.4 is 0 Å². The highest BCUT2D eigenvalue weighted by Crippen LogP contribution is 2.09. The Balaban J connectivity index is 2.46. The van der Waals surface area contributed by atoms with Crippen LogP contribution >= 0.6 is 0 Å². The Bertz CT molecular complexity index is 319. The molecule has 0 amide bonds. The van der Waals surface area contributed by atoms with E-state index in [1.807, 2.05) is 44.2 Å². The summed E-state index contributed by atoms with van der Waals surface area (Å²) in [6.07, 6.45) is -0.483. The van der Waals surface area contributed by atoms with E-state index < -0.39 is 6.10 Å². The second-order valence-corrected chi connectivity index (χ2v) is 3.99. The van der Waals surface area contributed by atoms with Gasteiger partial charge in [0, 0.05) is 7.11 Å². The van der Waals surface area contributed by atoms with Crippen molar-refractivity contribution in [2.24, 2.45) is 5.92 Å². The fraction of sp³-hybridized carbons (Fsp3) is 0.462. The molecule has 0 unspecified atom stereocenters. The number of carbonyl (C=O) groups is 1. The molecule has 0 aliphatic heterocycles. The van der Waals surface area contributed by atoms with Crippen LogP contribution in [0.4, 0.5) is 0 Å². The van der Waals surface area contributed by atoms with Crippen molar-refractivity contribution in [3.63, 3.8) is 0 Å². The molecule has 0 radical (unpaired) electrons. The van der Waals surface area contributed by atoms with E-state index in [-0.39, 0.29) is 11.9 Å². The number of ether oxygens (including phenoxy) is 2. The maximum Gasteiger partial charge on any atom is 0.335 e. The lowest BCUT2D eigenvalue weighted by atomic mass is 10.1. The Morgan fingerprint density at radius 1 is 1.25 bits per heavy atom. The molecule has 1 aromatic carbocycles. The smallest absolute Gasteiger partial charge is 0.335 e. The van der Waals surface area contributed by atoms with E-state index in [9.17, 15) is 4.79 Å². The summed E-state index contributed by atoms with van der Waals surface area (Å²) in [7, 11) is 1.52. The summed E-state index contributed by atoms with van der Waals surface area (Å²) in [5.41, 5.74) is 0.981. The van der Waals surface area contributed by atoms with Crippen LogP contribution in [-0.4, -0.2) is 19.2 Å². The number of hydrogen-bond acceptors (Lipinski definition) is 3. The number of methoxy groups -OCH3 is 1. The van der Waals surface area contributed by atoms with Gasteiger partial charge in [0.2, 0.25) is 0 Å². The third-order valence-electron chi connectivity index (χ3n) is 2.32. The minimum atomic E-state index is -0.483. The molecule has 0 N–H and O–H groups in total. The van der Waals surface area contributed by atoms with Gasteiger partial charge in [0.05, 0.1) is 0 Å². The fourth-order valence-electron chi connectivity index (χ4n) is 1.45. The van der Waals surface area contributed by atoms with Crippen molar-refractivity contribution in [2.75, 3.05) is 7.11 Å². The lowest BCUT2D eigenvalue weighted by molar-refractivity contribution is -0.159. The molecule has 88 valence electrons. The van der Waals surface area contributed by atoms with Gasteiger partial charge in [0.1, 0.15) is 6.61 Å². The number of rotatable bonds is 5. The number of hydrogen-bond donors (Lipinski definition) is 0. The van der Waals surface area contributed by atoms with E-state index in [1.54, 1.807) is 0 Å². The topological polar surface area (TPSA) is 35.5 Å². The standard InChI is InChI=1S/C13H18O3/c1-10(2)12(15-3)13(14)16-9-11-7-5-4-6-8-11/h4-8,10,12H,9H2,1-3H3/t12-/m1/s1. The molecule has 0 aliphatic rings. The largest absolute Gasteiger partial charge is 0.459 e.